The number of nitrogens with two attached hydrogens (primary N) is 1. The average molecular weight is 210 g/mol. The molecule has 1 aromatic rings. The number of benzene rings is 1. The van der Waals surface area contributed by atoms with Crippen molar-refractivity contribution in [2.75, 3.05) is 5.32 Å². The summed E-state index contributed by atoms with van der Waals surface area (Å²) in [6, 6.07) is 5.38. The van der Waals surface area contributed by atoms with E-state index in [9.17, 15) is 9.18 Å². The first kappa shape index (κ1) is 11.7. The van der Waals surface area contributed by atoms with E-state index in [1.165, 1.54) is 12.1 Å². The van der Waals surface area contributed by atoms with Crippen molar-refractivity contribution in [2.24, 2.45) is 11.7 Å². The lowest BCUT2D eigenvalue weighted by atomic mass is 10.0. The molecule has 0 saturated carbocycles. The number of carbonyl (C=O) groups excluding carboxylic acids is 1. The van der Waals surface area contributed by atoms with E-state index >= 15 is 0 Å². The summed E-state index contributed by atoms with van der Waals surface area (Å²) in [5, 5.41) is 2.45. The van der Waals surface area contributed by atoms with Gasteiger partial charge in [0.2, 0.25) is 5.91 Å². The number of carbonyl (C=O) groups is 1. The van der Waals surface area contributed by atoms with Crippen LogP contribution in [-0.2, 0) is 4.79 Å². The molecule has 0 unspecified atom stereocenters. The van der Waals surface area contributed by atoms with Crippen molar-refractivity contribution in [1.29, 1.82) is 0 Å². The second kappa shape index (κ2) is 4.89. The number of nitrogens with one attached hydrogen (secondary N) is 1. The number of anilines is 1. The fourth-order valence-electron chi connectivity index (χ4n) is 1.08. The summed E-state index contributed by atoms with van der Waals surface area (Å²) in [4.78, 5) is 11.5. The first-order chi connectivity index (χ1) is 7.02. The Morgan fingerprint density at radius 2 is 2.00 bits per heavy atom. The average Bonchev–Trinajstić information content (AvgIpc) is 2.20. The van der Waals surface area contributed by atoms with Gasteiger partial charge in [0.15, 0.2) is 0 Å². The fraction of sp³-hybridized carbons (Fsp3) is 0.364. The first-order valence-corrected chi connectivity index (χ1v) is 4.83. The predicted molar refractivity (Wildman–Crippen MR) is 57.8 cm³/mol. The topological polar surface area (TPSA) is 55.1 Å². The summed E-state index contributed by atoms with van der Waals surface area (Å²) in [5.74, 6) is -0.798. The van der Waals surface area contributed by atoms with Gasteiger partial charge in [-0.05, 0) is 18.1 Å². The lowest BCUT2D eigenvalue weighted by Crippen LogP contribution is -2.39. The highest BCUT2D eigenvalue weighted by Gasteiger charge is 2.17. The minimum Gasteiger partial charge on any atom is -0.322 e. The van der Waals surface area contributed by atoms with Gasteiger partial charge in [-0.2, -0.15) is 0 Å². The summed E-state index contributed by atoms with van der Waals surface area (Å²) in [7, 11) is 0. The Labute approximate surface area is 88.5 Å². The molecule has 1 amide bonds. The van der Waals surface area contributed by atoms with Crippen molar-refractivity contribution in [1.82, 2.24) is 0 Å². The zero-order valence-corrected chi connectivity index (χ0v) is 8.83. The summed E-state index contributed by atoms with van der Waals surface area (Å²) in [6.07, 6.45) is 0. The maximum atomic E-state index is 13.2. The van der Waals surface area contributed by atoms with E-state index in [0.717, 1.165) is 0 Å². The molecule has 0 saturated heterocycles. The van der Waals surface area contributed by atoms with Crippen molar-refractivity contribution in [3.05, 3.63) is 30.1 Å². The Balaban J connectivity index is 2.71. The number of halogens is 1. The van der Waals surface area contributed by atoms with Crippen LogP contribution in [0.3, 0.4) is 0 Å². The van der Waals surface area contributed by atoms with E-state index in [4.69, 9.17) is 5.73 Å². The maximum absolute atomic E-state index is 13.2. The first-order valence-electron chi connectivity index (χ1n) is 4.83. The van der Waals surface area contributed by atoms with E-state index in [-0.39, 0.29) is 17.5 Å². The maximum Gasteiger partial charge on any atom is 0.241 e. The van der Waals surface area contributed by atoms with E-state index in [1.807, 2.05) is 13.8 Å². The summed E-state index contributed by atoms with van der Waals surface area (Å²) in [5.41, 5.74) is 5.79. The van der Waals surface area contributed by atoms with Crippen LogP contribution in [0.4, 0.5) is 10.1 Å². The minimum atomic E-state index is -0.621. The normalized spacial score (nSPS) is 12.6. The van der Waals surface area contributed by atoms with Gasteiger partial charge in [-0.25, -0.2) is 4.39 Å². The molecule has 0 aliphatic rings. The summed E-state index contributed by atoms with van der Waals surface area (Å²) < 4.78 is 13.2. The van der Waals surface area contributed by atoms with Crippen molar-refractivity contribution in [2.45, 2.75) is 19.9 Å². The third-order valence-electron chi connectivity index (χ3n) is 2.15. The molecule has 1 aromatic carbocycles. The number of rotatable bonds is 3. The molecule has 0 aliphatic carbocycles. The molecule has 1 rings (SSSR count). The van der Waals surface area contributed by atoms with Crippen LogP contribution in [0.2, 0.25) is 0 Å². The molecule has 0 aromatic heterocycles. The van der Waals surface area contributed by atoms with Gasteiger partial charge in [-0.1, -0.05) is 26.0 Å². The summed E-state index contributed by atoms with van der Waals surface area (Å²) in [6.45, 7) is 3.68. The third kappa shape index (κ3) is 3.02. The highest BCUT2D eigenvalue weighted by Crippen LogP contribution is 2.13. The molecule has 15 heavy (non-hydrogen) atoms. The van der Waals surface area contributed by atoms with Gasteiger partial charge in [0.25, 0.3) is 0 Å². The Morgan fingerprint density at radius 1 is 1.40 bits per heavy atom. The number of amides is 1. The van der Waals surface area contributed by atoms with Gasteiger partial charge >= 0.3 is 0 Å². The number of hydrogen-bond acceptors (Lipinski definition) is 2. The van der Waals surface area contributed by atoms with Crippen LogP contribution in [0.15, 0.2) is 24.3 Å². The Bertz CT molecular complexity index is 352. The molecule has 82 valence electrons. The van der Waals surface area contributed by atoms with Crippen molar-refractivity contribution in [3.8, 4) is 0 Å². The molecule has 4 heteroatoms. The minimum absolute atomic E-state index is 0.0248. The highest BCUT2D eigenvalue weighted by atomic mass is 19.1. The van der Waals surface area contributed by atoms with Gasteiger partial charge in [0.1, 0.15) is 5.82 Å². The van der Waals surface area contributed by atoms with Gasteiger partial charge in [0, 0.05) is 0 Å². The van der Waals surface area contributed by atoms with Crippen LogP contribution in [0.25, 0.3) is 0 Å². The van der Waals surface area contributed by atoms with Crippen molar-refractivity contribution in [3.63, 3.8) is 0 Å². The van der Waals surface area contributed by atoms with Crippen molar-refractivity contribution < 1.29 is 9.18 Å². The molecule has 3 N–H and O–H groups in total. The van der Waals surface area contributed by atoms with E-state index in [2.05, 4.69) is 5.32 Å². The fourth-order valence-corrected chi connectivity index (χ4v) is 1.08. The van der Waals surface area contributed by atoms with Crippen molar-refractivity contribution >= 4 is 11.6 Å². The molecule has 0 spiro atoms. The quantitative estimate of drug-likeness (QED) is 0.798. The largest absolute Gasteiger partial charge is 0.322 e. The third-order valence-corrected chi connectivity index (χ3v) is 2.15. The Morgan fingerprint density at radius 3 is 2.53 bits per heavy atom. The lowest BCUT2D eigenvalue weighted by Gasteiger charge is -2.15. The lowest BCUT2D eigenvalue weighted by molar-refractivity contribution is -0.118. The predicted octanol–water partition coefficient (Wildman–Crippen LogP) is 1.75. The molecule has 0 heterocycles. The van der Waals surface area contributed by atoms with Gasteiger partial charge in [0.05, 0.1) is 11.7 Å². The van der Waals surface area contributed by atoms with E-state index < -0.39 is 11.9 Å². The van der Waals surface area contributed by atoms with Crippen LogP contribution < -0.4 is 11.1 Å². The molecule has 0 aliphatic heterocycles. The number of para-hydroxylation sites is 1. The standard InChI is InChI=1S/C11H15FN2O/c1-7(2)10(13)11(15)14-9-6-4-3-5-8(9)12/h3-7,10H,13H2,1-2H3,(H,14,15)/t10-/m1/s1. The van der Waals surface area contributed by atoms with Gasteiger partial charge in [-0.15, -0.1) is 0 Å². The number of hydrogen-bond donors (Lipinski definition) is 2. The molecule has 0 radical (unpaired) electrons. The van der Waals surface area contributed by atoms with Gasteiger partial charge < -0.3 is 11.1 Å². The Kier molecular flexibility index (Phi) is 3.80. The van der Waals surface area contributed by atoms with Crippen LogP contribution >= 0.6 is 0 Å². The van der Waals surface area contributed by atoms with E-state index in [0.29, 0.717) is 0 Å². The van der Waals surface area contributed by atoms with E-state index in [1.54, 1.807) is 12.1 Å². The molecule has 0 fully saturated rings. The Hall–Kier alpha value is -1.42. The van der Waals surface area contributed by atoms with Crippen LogP contribution in [0, 0.1) is 11.7 Å². The molecular formula is C11H15FN2O. The second-order valence-electron chi connectivity index (χ2n) is 3.74. The van der Waals surface area contributed by atoms with Crippen LogP contribution in [0.5, 0.6) is 0 Å². The van der Waals surface area contributed by atoms with Gasteiger partial charge in [-0.3, -0.25) is 4.79 Å². The molecule has 3 nitrogen and oxygen atoms in total. The monoisotopic (exact) mass is 210 g/mol. The smallest absolute Gasteiger partial charge is 0.241 e. The molecular weight excluding hydrogens is 195 g/mol. The highest BCUT2D eigenvalue weighted by molar-refractivity contribution is 5.94. The molecule has 1 atom stereocenters. The molecule has 0 bridgehead atoms. The second-order valence-corrected chi connectivity index (χ2v) is 3.74. The summed E-state index contributed by atoms with van der Waals surface area (Å²) >= 11 is 0. The van der Waals surface area contributed by atoms with Crippen LogP contribution in [0.1, 0.15) is 13.8 Å². The zero-order chi connectivity index (χ0) is 11.4. The van der Waals surface area contributed by atoms with Crippen LogP contribution in [-0.4, -0.2) is 11.9 Å². The zero-order valence-electron chi connectivity index (χ0n) is 8.83. The SMILES string of the molecule is CC(C)[C@@H](N)C(=O)Nc1ccccc1F.